The smallest absolute Gasteiger partial charge is 0.253 e. The molecule has 0 saturated heterocycles. The molecule has 2 aromatic carbocycles. The Morgan fingerprint density at radius 1 is 1.07 bits per heavy atom. The van der Waals surface area contributed by atoms with Gasteiger partial charge < -0.3 is 18.9 Å². The molecule has 0 aliphatic carbocycles. The standard InChI is InChI=1S/C20H20ClN3O4/c1-14-22-19(23-28-14)13-27-18-7-3-15(4-8-18)20(25)24(2)11-12-26-17-9-5-16(21)6-10-17/h3-10H,11-13H2,1-2H3. The van der Waals surface area contributed by atoms with Crippen molar-refractivity contribution in [2.24, 2.45) is 0 Å². The van der Waals surface area contributed by atoms with E-state index >= 15 is 0 Å². The zero-order valence-corrected chi connectivity index (χ0v) is 16.3. The molecule has 3 rings (SSSR count). The molecular formula is C20H20ClN3O4. The molecule has 0 spiro atoms. The fraction of sp³-hybridized carbons (Fsp3) is 0.250. The Kier molecular flexibility index (Phi) is 6.49. The lowest BCUT2D eigenvalue weighted by Gasteiger charge is -2.18. The minimum atomic E-state index is -0.0972. The molecule has 1 amide bonds. The van der Waals surface area contributed by atoms with Crippen molar-refractivity contribution in [3.8, 4) is 11.5 Å². The largest absolute Gasteiger partial charge is 0.492 e. The summed E-state index contributed by atoms with van der Waals surface area (Å²) < 4.78 is 16.1. The van der Waals surface area contributed by atoms with Crippen molar-refractivity contribution in [1.29, 1.82) is 0 Å². The van der Waals surface area contributed by atoms with Gasteiger partial charge in [-0.3, -0.25) is 4.79 Å². The average molecular weight is 402 g/mol. The van der Waals surface area contributed by atoms with Crippen LogP contribution in [0.5, 0.6) is 11.5 Å². The molecule has 0 aliphatic heterocycles. The maximum Gasteiger partial charge on any atom is 0.253 e. The highest BCUT2D eigenvalue weighted by atomic mass is 35.5. The van der Waals surface area contributed by atoms with Gasteiger partial charge in [-0.2, -0.15) is 4.98 Å². The molecular weight excluding hydrogens is 382 g/mol. The number of amides is 1. The summed E-state index contributed by atoms with van der Waals surface area (Å²) in [7, 11) is 1.73. The Hall–Kier alpha value is -3.06. The monoisotopic (exact) mass is 401 g/mol. The van der Waals surface area contributed by atoms with Crippen LogP contribution in [0.2, 0.25) is 5.02 Å². The Morgan fingerprint density at radius 2 is 1.71 bits per heavy atom. The summed E-state index contributed by atoms with van der Waals surface area (Å²) in [5.74, 6) is 2.19. The molecule has 0 fully saturated rings. The summed E-state index contributed by atoms with van der Waals surface area (Å²) in [4.78, 5) is 18.2. The van der Waals surface area contributed by atoms with Crippen LogP contribution in [0.15, 0.2) is 53.1 Å². The van der Waals surface area contributed by atoms with Crippen LogP contribution in [-0.2, 0) is 6.61 Å². The molecule has 3 aromatic rings. The molecule has 1 heterocycles. The minimum absolute atomic E-state index is 0.0972. The first kappa shape index (κ1) is 19.7. The lowest BCUT2D eigenvalue weighted by atomic mass is 10.2. The highest BCUT2D eigenvalue weighted by Gasteiger charge is 2.12. The first-order valence-corrected chi connectivity index (χ1v) is 9.05. The highest BCUT2D eigenvalue weighted by molar-refractivity contribution is 6.30. The number of carbonyl (C=O) groups excluding carboxylic acids is 1. The van der Waals surface area contributed by atoms with Gasteiger partial charge in [-0.1, -0.05) is 16.8 Å². The van der Waals surface area contributed by atoms with Crippen LogP contribution in [0.25, 0.3) is 0 Å². The Bertz CT molecular complexity index is 910. The van der Waals surface area contributed by atoms with E-state index in [-0.39, 0.29) is 12.5 Å². The van der Waals surface area contributed by atoms with E-state index in [9.17, 15) is 4.79 Å². The maximum absolute atomic E-state index is 12.5. The van der Waals surface area contributed by atoms with E-state index in [1.807, 2.05) is 0 Å². The molecule has 0 N–H and O–H groups in total. The molecule has 0 aliphatic rings. The second-order valence-corrected chi connectivity index (χ2v) is 6.51. The number of aryl methyl sites for hydroxylation is 1. The quantitative estimate of drug-likeness (QED) is 0.572. The van der Waals surface area contributed by atoms with Gasteiger partial charge in [0.2, 0.25) is 11.7 Å². The van der Waals surface area contributed by atoms with Crippen molar-refractivity contribution in [3.63, 3.8) is 0 Å². The SMILES string of the molecule is Cc1nc(COc2ccc(C(=O)N(C)CCOc3ccc(Cl)cc3)cc2)no1. The van der Waals surface area contributed by atoms with Gasteiger partial charge >= 0.3 is 0 Å². The molecule has 1 aromatic heterocycles. The van der Waals surface area contributed by atoms with Crippen LogP contribution < -0.4 is 9.47 Å². The predicted molar refractivity (Wildman–Crippen MR) is 104 cm³/mol. The second-order valence-electron chi connectivity index (χ2n) is 6.07. The molecule has 8 heteroatoms. The van der Waals surface area contributed by atoms with Gasteiger partial charge in [0.15, 0.2) is 6.61 Å². The number of carbonyl (C=O) groups is 1. The maximum atomic E-state index is 12.5. The molecule has 0 radical (unpaired) electrons. The summed E-state index contributed by atoms with van der Waals surface area (Å²) in [6.45, 7) is 2.76. The van der Waals surface area contributed by atoms with Crippen LogP contribution in [0.1, 0.15) is 22.1 Å². The third-order valence-corrected chi connectivity index (χ3v) is 4.15. The second kappa shape index (κ2) is 9.23. The third-order valence-electron chi connectivity index (χ3n) is 3.89. The normalized spacial score (nSPS) is 10.5. The zero-order valence-electron chi connectivity index (χ0n) is 15.6. The van der Waals surface area contributed by atoms with Gasteiger partial charge in [0.25, 0.3) is 5.91 Å². The summed E-state index contributed by atoms with van der Waals surface area (Å²) in [5, 5.41) is 4.42. The fourth-order valence-corrected chi connectivity index (χ4v) is 2.52. The van der Waals surface area contributed by atoms with Gasteiger partial charge in [-0.05, 0) is 48.5 Å². The summed E-state index contributed by atoms with van der Waals surface area (Å²) >= 11 is 5.84. The summed E-state index contributed by atoms with van der Waals surface area (Å²) in [6, 6.07) is 14.0. The van der Waals surface area contributed by atoms with E-state index in [0.717, 1.165) is 0 Å². The summed E-state index contributed by atoms with van der Waals surface area (Å²) in [5.41, 5.74) is 0.566. The number of rotatable bonds is 8. The molecule has 0 saturated carbocycles. The van der Waals surface area contributed by atoms with Gasteiger partial charge in [-0.15, -0.1) is 0 Å². The van der Waals surface area contributed by atoms with Crippen LogP contribution in [-0.4, -0.2) is 41.1 Å². The number of halogens is 1. The fourth-order valence-electron chi connectivity index (χ4n) is 2.39. The molecule has 7 nitrogen and oxygen atoms in total. The number of nitrogens with zero attached hydrogens (tertiary/aromatic N) is 3. The van der Waals surface area contributed by atoms with E-state index in [1.54, 1.807) is 67.4 Å². The molecule has 0 bridgehead atoms. The summed E-state index contributed by atoms with van der Waals surface area (Å²) in [6.07, 6.45) is 0. The highest BCUT2D eigenvalue weighted by Crippen LogP contribution is 2.16. The Morgan fingerprint density at radius 3 is 2.36 bits per heavy atom. The van der Waals surface area contributed by atoms with Gasteiger partial charge in [-0.25, -0.2) is 0 Å². The van der Waals surface area contributed by atoms with Crippen molar-refractivity contribution in [3.05, 3.63) is 70.8 Å². The van der Waals surface area contributed by atoms with E-state index in [1.165, 1.54) is 0 Å². The van der Waals surface area contributed by atoms with Gasteiger partial charge in [0, 0.05) is 24.6 Å². The van der Waals surface area contributed by atoms with E-state index < -0.39 is 0 Å². The minimum Gasteiger partial charge on any atom is -0.492 e. The van der Waals surface area contributed by atoms with E-state index in [0.29, 0.717) is 47.0 Å². The van der Waals surface area contributed by atoms with Crippen molar-refractivity contribution in [2.75, 3.05) is 20.2 Å². The molecule has 0 unspecified atom stereocenters. The molecule has 28 heavy (non-hydrogen) atoms. The van der Waals surface area contributed by atoms with Crippen molar-refractivity contribution in [2.45, 2.75) is 13.5 Å². The lowest BCUT2D eigenvalue weighted by Crippen LogP contribution is -2.30. The predicted octanol–water partition coefficient (Wildman–Crippen LogP) is 3.76. The lowest BCUT2D eigenvalue weighted by molar-refractivity contribution is 0.0773. The number of benzene rings is 2. The first-order chi connectivity index (χ1) is 13.5. The molecule has 0 atom stereocenters. The number of ether oxygens (including phenoxy) is 2. The van der Waals surface area contributed by atoms with Crippen molar-refractivity contribution >= 4 is 17.5 Å². The number of aromatic nitrogens is 2. The van der Waals surface area contributed by atoms with Crippen molar-refractivity contribution in [1.82, 2.24) is 15.0 Å². The van der Waals surface area contributed by atoms with Crippen LogP contribution in [0, 0.1) is 6.92 Å². The number of likely N-dealkylation sites (N-methyl/N-ethyl adjacent to an activating group) is 1. The Balaban J connectivity index is 1.46. The van der Waals surface area contributed by atoms with Crippen molar-refractivity contribution < 1.29 is 18.8 Å². The van der Waals surface area contributed by atoms with Gasteiger partial charge in [0.05, 0.1) is 6.54 Å². The van der Waals surface area contributed by atoms with Crippen LogP contribution >= 0.6 is 11.6 Å². The van der Waals surface area contributed by atoms with Crippen LogP contribution in [0.3, 0.4) is 0 Å². The molecule has 146 valence electrons. The number of hydrogen-bond acceptors (Lipinski definition) is 6. The average Bonchev–Trinajstić information content (AvgIpc) is 3.13. The third kappa shape index (κ3) is 5.47. The number of hydrogen-bond donors (Lipinski definition) is 0. The van der Waals surface area contributed by atoms with Crippen LogP contribution in [0.4, 0.5) is 0 Å². The first-order valence-electron chi connectivity index (χ1n) is 8.67. The van der Waals surface area contributed by atoms with E-state index in [2.05, 4.69) is 10.1 Å². The van der Waals surface area contributed by atoms with Gasteiger partial charge in [0.1, 0.15) is 18.1 Å². The zero-order chi connectivity index (χ0) is 19.9. The van der Waals surface area contributed by atoms with E-state index in [4.69, 9.17) is 25.6 Å². The Labute approximate surface area is 167 Å². The topological polar surface area (TPSA) is 77.7 Å².